The zero-order chi connectivity index (χ0) is 12.5. The van der Waals surface area contributed by atoms with Crippen molar-refractivity contribution in [3.05, 3.63) is 34.3 Å². The molecule has 1 aromatic carbocycles. The first kappa shape index (κ1) is 13.1. The predicted molar refractivity (Wildman–Crippen MR) is 74.2 cm³/mol. The van der Waals surface area contributed by atoms with E-state index >= 15 is 0 Å². The zero-order valence-electron chi connectivity index (χ0n) is 10.4. The molecule has 1 saturated carbocycles. The summed E-state index contributed by atoms with van der Waals surface area (Å²) in [5, 5.41) is 13.0. The Kier molecular flexibility index (Phi) is 3.91. The molecule has 0 spiro atoms. The maximum Gasteiger partial charge on any atom is 0.0715 e. The van der Waals surface area contributed by atoms with Crippen LogP contribution >= 0.6 is 15.9 Å². The Labute approximate surface area is 112 Å². The van der Waals surface area contributed by atoms with Crippen LogP contribution in [-0.2, 0) is 0 Å². The van der Waals surface area contributed by atoms with E-state index in [4.69, 9.17) is 0 Å². The Hall–Kier alpha value is -0.380. The average Bonchev–Trinajstić information content (AvgIpc) is 2.13. The van der Waals surface area contributed by atoms with Gasteiger partial charge in [0.25, 0.3) is 0 Å². The van der Waals surface area contributed by atoms with E-state index in [0.29, 0.717) is 18.5 Å². The van der Waals surface area contributed by atoms with Gasteiger partial charge in [-0.1, -0.05) is 28.1 Å². The minimum absolute atomic E-state index is 0.561. The lowest BCUT2D eigenvalue weighted by molar-refractivity contribution is 0.0708. The quantitative estimate of drug-likeness (QED) is 0.895. The van der Waals surface area contributed by atoms with Crippen LogP contribution in [0.4, 0.5) is 0 Å². The first-order valence-corrected chi connectivity index (χ1v) is 6.94. The summed E-state index contributed by atoms with van der Waals surface area (Å²) in [6.07, 6.45) is 2.35. The van der Waals surface area contributed by atoms with Crippen molar-refractivity contribution in [2.24, 2.45) is 0 Å². The van der Waals surface area contributed by atoms with E-state index in [1.54, 1.807) is 0 Å². The molecule has 1 aliphatic carbocycles. The minimum Gasteiger partial charge on any atom is -0.389 e. The van der Waals surface area contributed by atoms with Crippen molar-refractivity contribution in [2.45, 2.75) is 44.2 Å². The minimum atomic E-state index is -0.610. The molecule has 0 heterocycles. The van der Waals surface area contributed by atoms with Gasteiger partial charge in [-0.2, -0.15) is 0 Å². The summed E-state index contributed by atoms with van der Waals surface area (Å²) in [7, 11) is 0. The number of rotatable bonds is 4. The highest BCUT2D eigenvalue weighted by molar-refractivity contribution is 9.10. The number of benzene rings is 1. The molecule has 1 aromatic rings. The summed E-state index contributed by atoms with van der Waals surface area (Å²) in [5.74, 6) is 0.673. The van der Waals surface area contributed by atoms with Crippen LogP contribution in [-0.4, -0.2) is 23.3 Å². The largest absolute Gasteiger partial charge is 0.389 e. The second-order valence-electron chi connectivity index (χ2n) is 5.61. The summed E-state index contributed by atoms with van der Waals surface area (Å²) in [5.41, 5.74) is 0.807. The summed E-state index contributed by atoms with van der Waals surface area (Å²) in [6, 6.07) is 9.12. The standard InChI is InChI=1S/C14H20BrNO/c1-14(2,17)9-16-13-7-11(8-13)10-4-3-5-12(15)6-10/h3-6,11,13,16-17H,7-9H2,1-2H3. The van der Waals surface area contributed by atoms with Crippen LogP contribution in [0.2, 0.25) is 0 Å². The topological polar surface area (TPSA) is 32.3 Å². The summed E-state index contributed by atoms with van der Waals surface area (Å²) in [6.45, 7) is 4.35. The van der Waals surface area contributed by atoms with Gasteiger partial charge in [0.1, 0.15) is 0 Å². The van der Waals surface area contributed by atoms with Gasteiger partial charge in [-0.05, 0) is 50.3 Å². The fourth-order valence-electron chi connectivity index (χ4n) is 2.21. The lowest BCUT2D eigenvalue weighted by Gasteiger charge is -2.37. The van der Waals surface area contributed by atoms with Gasteiger partial charge in [0.2, 0.25) is 0 Å². The lowest BCUT2D eigenvalue weighted by Crippen LogP contribution is -2.46. The van der Waals surface area contributed by atoms with Crippen LogP contribution in [0.3, 0.4) is 0 Å². The molecule has 0 amide bonds. The van der Waals surface area contributed by atoms with Gasteiger partial charge in [-0.25, -0.2) is 0 Å². The SMILES string of the molecule is CC(C)(O)CNC1CC(c2cccc(Br)c2)C1. The molecule has 3 heteroatoms. The Balaban J connectivity index is 1.79. The van der Waals surface area contributed by atoms with E-state index in [1.807, 2.05) is 13.8 Å². The van der Waals surface area contributed by atoms with Crippen molar-refractivity contribution in [1.29, 1.82) is 0 Å². The summed E-state index contributed by atoms with van der Waals surface area (Å²) >= 11 is 3.51. The molecular formula is C14H20BrNO. The highest BCUT2D eigenvalue weighted by Crippen LogP contribution is 2.37. The van der Waals surface area contributed by atoms with E-state index in [2.05, 4.69) is 45.5 Å². The highest BCUT2D eigenvalue weighted by atomic mass is 79.9. The monoisotopic (exact) mass is 297 g/mol. The first-order chi connectivity index (χ1) is 7.94. The molecule has 2 rings (SSSR count). The van der Waals surface area contributed by atoms with Gasteiger partial charge in [-0.15, -0.1) is 0 Å². The molecular weight excluding hydrogens is 278 g/mol. The molecule has 0 bridgehead atoms. The van der Waals surface area contributed by atoms with Crippen molar-refractivity contribution in [3.8, 4) is 0 Å². The molecule has 0 aromatic heterocycles. The fraction of sp³-hybridized carbons (Fsp3) is 0.571. The zero-order valence-corrected chi connectivity index (χ0v) is 12.0. The third kappa shape index (κ3) is 3.80. The number of nitrogens with one attached hydrogen (secondary N) is 1. The van der Waals surface area contributed by atoms with E-state index < -0.39 is 5.60 Å². The van der Waals surface area contributed by atoms with Gasteiger partial charge in [0.15, 0.2) is 0 Å². The number of hydrogen-bond donors (Lipinski definition) is 2. The van der Waals surface area contributed by atoms with E-state index in [0.717, 1.165) is 4.47 Å². The van der Waals surface area contributed by atoms with Crippen LogP contribution < -0.4 is 5.32 Å². The van der Waals surface area contributed by atoms with Crippen LogP contribution in [0.15, 0.2) is 28.7 Å². The average molecular weight is 298 g/mol. The maximum absolute atomic E-state index is 9.64. The van der Waals surface area contributed by atoms with E-state index in [1.165, 1.54) is 18.4 Å². The fourth-order valence-corrected chi connectivity index (χ4v) is 2.63. The number of halogens is 1. The Bertz CT molecular complexity index is 380. The molecule has 0 radical (unpaired) electrons. The van der Waals surface area contributed by atoms with E-state index in [9.17, 15) is 5.11 Å². The Morgan fingerprint density at radius 3 is 2.71 bits per heavy atom. The molecule has 94 valence electrons. The molecule has 1 fully saturated rings. The van der Waals surface area contributed by atoms with Crippen molar-refractivity contribution >= 4 is 15.9 Å². The van der Waals surface area contributed by atoms with Crippen LogP contribution in [0.5, 0.6) is 0 Å². The summed E-state index contributed by atoms with van der Waals surface area (Å²) in [4.78, 5) is 0. The van der Waals surface area contributed by atoms with Gasteiger partial charge < -0.3 is 10.4 Å². The molecule has 0 atom stereocenters. The Morgan fingerprint density at radius 1 is 1.41 bits per heavy atom. The van der Waals surface area contributed by atoms with Gasteiger partial charge in [0, 0.05) is 17.1 Å². The smallest absolute Gasteiger partial charge is 0.0715 e. The van der Waals surface area contributed by atoms with Crippen LogP contribution in [0.1, 0.15) is 38.2 Å². The van der Waals surface area contributed by atoms with Crippen molar-refractivity contribution < 1.29 is 5.11 Å². The Morgan fingerprint density at radius 2 is 2.12 bits per heavy atom. The predicted octanol–water partition coefficient (Wildman–Crippen LogP) is 3.06. The third-order valence-corrected chi connectivity index (χ3v) is 3.77. The molecule has 0 saturated heterocycles. The van der Waals surface area contributed by atoms with Crippen molar-refractivity contribution in [3.63, 3.8) is 0 Å². The third-order valence-electron chi connectivity index (χ3n) is 3.28. The van der Waals surface area contributed by atoms with Gasteiger partial charge in [-0.3, -0.25) is 0 Å². The molecule has 17 heavy (non-hydrogen) atoms. The van der Waals surface area contributed by atoms with Gasteiger partial charge >= 0.3 is 0 Å². The van der Waals surface area contributed by atoms with E-state index in [-0.39, 0.29) is 0 Å². The van der Waals surface area contributed by atoms with Gasteiger partial charge in [0.05, 0.1) is 5.60 Å². The number of hydrogen-bond acceptors (Lipinski definition) is 2. The van der Waals surface area contributed by atoms with Crippen LogP contribution in [0.25, 0.3) is 0 Å². The highest BCUT2D eigenvalue weighted by Gasteiger charge is 2.30. The molecule has 2 N–H and O–H groups in total. The van der Waals surface area contributed by atoms with Crippen molar-refractivity contribution in [1.82, 2.24) is 5.32 Å². The normalized spacial score (nSPS) is 24.5. The lowest BCUT2D eigenvalue weighted by atomic mass is 9.76. The molecule has 1 aliphatic rings. The molecule has 2 nitrogen and oxygen atoms in total. The number of aliphatic hydroxyl groups is 1. The second kappa shape index (κ2) is 5.09. The van der Waals surface area contributed by atoms with Crippen molar-refractivity contribution in [2.75, 3.05) is 6.54 Å². The first-order valence-electron chi connectivity index (χ1n) is 6.15. The maximum atomic E-state index is 9.64. The second-order valence-corrected chi connectivity index (χ2v) is 6.53. The van der Waals surface area contributed by atoms with Crippen LogP contribution in [0, 0.1) is 0 Å². The molecule has 0 aliphatic heterocycles. The summed E-state index contributed by atoms with van der Waals surface area (Å²) < 4.78 is 1.16. The molecule has 0 unspecified atom stereocenters.